The van der Waals surface area contributed by atoms with Crippen LogP contribution in [0.4, 0.5) is 18.9 Å². The van der Waals surface area contributed by atoms with Gasteiger partial charge in [-0.3, -0.25) is 4.98 Å². The first-order valence-electron chi connectivity index (χ1n) is 11.8. The molecule has 0 amide bonds. The van der Waals surface area contributed by atoms with Gasteiger partial charge in [-0.1, -0.05) is 0 Å². The van der Waals surface area contributed by atoms with Gasteiger partial charge in [-0.2, -0.15) is 23.2 Å². The lowest BCUT2D eigenvalue weighted by Gasteiger charge is -2.29. The Bertz CT molecular complexity index is 1430. The molecule has 1 aliphatic carbocycles. The number of pyridine rings is 2. The minimum Gasteiger partial charge on any atom is -0.370 e. The van der Waals surface area contributed by atoms with Crippen LogP contribution < -0.4 is 9.62 Å². The predicted octanol–water partition coefficient (Wildman–Crippen LogP) is 4.52. The van der Waals surface area contributed by atoms with Crippen LogP contribution in [0, 0.1) is 11.3 Å². The molecule has 1 saturated carbocycles. The topological polar surface area (TPSA) is 104 Å². The third-order valence-corrected chi connectivity index (χ3v) is 8.49. The van der Waals surface area contributed by atoms with E-state index in [1.165, 1.54) is 12.1 Å². The summed E-state index contributed by atoms with van der Waals surface area (Å²) in [6, 6.07) is 4.80. The molecule has 8 nitrogen and oxygen atoms in total. The number of aromatic nitrogens is 3. The van der Waals surface area contributed by atoms with Crippen LogP contribution >= 0.6 is 0 Å². The summed E-state index contributed by atoms with van der Waals surface area (Å²) < 4.78 is 67.2. The second kappa shape index (κ2) is 9.05. The Kier molecular flexibility index (Phi) is 6.16. The number of hydrogen-bond acceptors (Lipinski definition) is 6. The van der Waals surface area contributed by atoms with Gasteiger partial charge in [0.05, 0.1) is 28.8 Å². The van der Waals surface area contributed by atoms with Gasteiger partial charge < -0.3 is 9.47 Å². The van der Waals surface area contributed by atoms with Crippen molar-refractivity contribution in [3.05, 3.63) is 36.2 Å². The number of fused-ring (bicyclic) bond motifs is 1. The van der Waals surface area contributed by atoms with Gasteiger partial charge in [0.15, 0.2) is 0 Å². The summed E-state index contributed by atoms with van der Waals surface area (Å²) in [5.74, 6) is 0. The molecule has 12 heteroatoms. The molecule has 5 rings (SSSR count). The normalized spacial score (nSPS) is 17.8. The molecule has 1 aliphatic heterocycles. The molecule has 36 heavy (non-hydrogen) atoms. The molecule has 0 aromatic carbocycles. The second-order valence-electron chi connectivity index (χ2n) is 9.31. The first-order chi connectivity index (χ1) is 17.1. The third-order valence-electron chi connectivity index (χ3n) is 6.96. The lowest BCUT2D eigenvalue weighted by molar-refractivity contribution is -0.147. The zero-order valence-electron chi connectivity index (χ0n) is 19.6. The van der Waals surface area contributed by atoms with Gasteiger partial charge in [0, 0.05) is 30.7 Å². The van der Waals surface area contributed by atoms with Gasteiger partial charge in [-0.25, -0.2) is 13.4 Å². The van der Waals surface area contributed by atoms with E-state index in [0.717, 1.165) is 64.0 Å². The largest absolute Gasteiger partial charge is 0.404 e. The van der Waals surface area contributed by atoms with Crippen molar-refractivity contribution >= 4 is 26.7 Å². The smallest absolute Gasteiger partial charge is 0.370 e. The molecule has 1 saturated heterocycles. The molecule has 0 radical (unpaired) electrons. The zero-order chi connectivity index (χ0) is 25.7. The quantitative estimate of drug-likeness (QED) is 0.515. The maximum Gasteiger partial charge on any atom is 0.404 e. The Morgan fingerprint density at radius 3 is 2.42 bits per heavy atom. The number of nitrogens with one attached hydrogen (secondary N) is 1. The lowest BCUT2D eigenvalue weighted by atomic mass is 9.92. The molecule has 190 valence electrons. The second-order valence-corrected chi connectivity index (χ2v) is 11.0. The fraction of sp³-hybridized carbons (Fsp3) is 0.458. The summed E-state index contributed by atoms with van der Waals surface area (Å²) in [6.45, 7) is 2.60. The van der Waals surface area contributed by atoms with Gasteiger partial charge in [0.25, 0.3) is 0 Å². The van der Waals surface area contributed by atoms with Crippen LogP contribution in [0.2, 0.25) is 0 Å². The summed E-state index contributed by atoms with van der Waals surface area (Å²) in [6.07, 6.45) is 3.22. The molecule has 3 aromatic heterocycles. The SMILES string of the molecule is C[C@H](NS(=O)(=O)c1ccc(-c2c(C#N)c3cc(N4CCCC4)cnc3n2C2CCC2)nc1)C(F)(F)F. The maximum atomic E-state index is 12.9. The van der Waals surface area contributed by atoms with Gasteiger partial charge in [-0.05, 0) is 57.2 Å². The Hall–Kier alpha value is -3.17. The van der Waals surface area contributed by atoms with Crippen molar-refractivity contribution in [3.63, 3.8) is 0 Å². The van der Waals surface area contributed by atoms with Crippen LogP contribution in [0.5, 0.6) is 0 Å². The number of nitriles is 1. The molecule has 0 unspecified atom stereocenters. The molecular weight excluding hydrogens is 493 g/mol. The highest BCUT2D eigenvalue weighted by atomic mass is 32.2. The summed E-state index contributed by atoms with van der Waals surface area (Å²) >= 11 is 0. The van der Waals surface area contributed by atoms with E-state index >= 15 is 0 Å². The summed E-state index contributed by atoms with van der Waals surface area (Å²) in [7, 11) is -4.44. The maximum absolute atomic E-state index is 12.9. The van der Waals surface area contributed by atoms with Crippen LogP contribution in [-0.2, 0) is 10.0 Å². The summed E-state index contributed by atoms with van der Waals surface area (Å²) in [4.78, 5) is 10.9. The van der Waals surface area contributed by atoms with E-state index in [-0.39, 0.29) is 10.9 Å². The molecule has 0 spiro atoms. The van der Waals surface area contributed by atoms with Gasteiger partial charge >= 0.3 is 6.18 Å². The van der Waals surface area contributed by atoms with Crippen molar-refractivity contribution in [2.24, 2.45) is 0 Å². The van der Waals surface area contributed by atoms with Crippen molar-refractivity contribution < 1.29 is 21.6 Å². The Balaban J connectivity index is 1.58. The van der Waals surface area contributed by atoms with E-state index in [1.54, 1.807) is 4.72 Å². The number of alkyl halides is 3. The van der Waals surface area contributed by atoms with Gasteiger partial charge in [-0.15, -0.1) is 0 Å². The van der Waals surface area contributed by atoms with Crippen LogP contribution in [-0.4, -0.2) is 48.3 Å². The molecule has 3 aromatic rings. The zero-order valence-corrected chi connectivity index (χ0v) is 20.4. The standard InChI is InChI=1S/C24H25F3N6O2S/c1-15(24(25,26)27)31-36(34,35)18-7-8-21(29-14-18)22-20(12-28)19-11-17(32-9-2-3-10-32)13-30-23(19)33(22)16-5-4-6-16/h7-8,11,13-16,31H,2-6,9-10H2,1H3/t15-/m0/s1. The average Bonchev–Trinajstić information content (AvgIpc) is 3.44. The average molecular weight is 519 g/mol. The Labute approximate surface area is 206 Å². The molecule has 0 bridgehead atoms. The number of halogens is 3. The van der Waals surface area contributed by atoms with E-state index < -0.39 is 22.2 Å². The fourth-order valence-electron chi connectivity index (χ4n) is 4.74. The van der Waals surface area contributed by atoms with Crippen molar-refractivity contribution in [1.82, 2.24) is 19.3 Å². The highest BCUT2D eigenvalue weighted by Gasteiger charge is 2.39. The molecule has 4 heterocycles. The molecule has 2 fully saturated rings. The number of anilines is 1. The van der Waals surface area contributed by atoms with Gasteiger partial charge in [0.2, 0.25) is 10.0 Å². The predicted molar refractivity (Wildman–Crippen MR) is 128 cm³/mol. The Morgan fingerprint density at radius 1 is 1.14 bits per heavy atom. The molecule has 2 aliphatic rings. The number of sulfonamides is 1. The van der Waals surface area contributed by atoms with Crippen LogP contribution in [0.15, 0.2) is 35.5 Å². The van der Waals surface area contributed by atoms with Crippen molar-refractivity contribution in [1.29, 1.82) is 5.26 Å². The van der Waals surface area contributed by atoms with Crippen molar-refractivity contribution in [3.8, 4) is 17.5 Å². The third kappa shape index (κ3) is 4.30. The summed E-state index contributed by atoms with van der Waals surface area (Å²) in [5.41, 5.74) is 2.93. The van der Waals surface area contributed by atoms with E-state index in [1.807, 2.05) is 16.8 Å². The van der Waals surface area contributed by atoms with Crippen molar-refractivity contribution in [2.45, 2.75) is 62.2 Å². The first kappa shape index (κ1) is 24.5. The minimum absolute atomic E-state index is 0.134. The number of rotatable bonds is 6. The van der Waals surface area contributed by atoms with E-state index in [9.17, 15) is 26.9 Å². The first-order valence-corrected chi connectivity index (χ1v) is 13.3. The Morgan fingerprint density at radius 2 is 1.86 bits per heavy atom. The highest BCUT2D eigenvalue weighted by Crippen LogP contribution is 2.42. The van der Waals surface area contributed by atoms with E-state index in [4.69, 9.17) is 4.98 Å². The van der Waals surface area contributed by atoms with Crippen LogP contribution in [0.25, 0.3) is 22.4 Å². The van der Waals surface area contributed by atoms with E-state index in [2.05, 4.69) is 16.0 Å². The molecule has 1 N–H and O–H groups in total. The van der Waals surface area contributed by atoms with Crippen molar-refractivity contribution in [2.75, 3.05) is 18.0 Å². The van der Waals surface area contributed by atoms with Crippen LogP contribution in [0.1, 0.15) is 50.6 Å². The van der Waals surface area contributed by atoms with Crippen LogP contribution in [0.3, 0.4) is 0 Å². The molecule has 1 atom stereocenters. The lowest BCUT2D eigenvalue weighted by Crippen LogP contribution is -2.42. The monoisotopic (exact) mass is 518 g/mol. The number of hydrogen-bond donors (Lipinski definition) is 1. The number of nitrogens with zero attached hydrogens (tertiary/aromatic N) is 5. The minimum atomic E-state index is -4.72. The molecular formula is C24H25F3N6O2S. The van der Waals surface area contributed by atoms with E-state index in [0.29, 0.717) is 28.0 Å². The summed E-state index contributed by atoms with van der Waals surface area (Å²) in [5, 5.41) is 10.8. The highest BCUT2D eigenvalue weighted by molar-refractivity contribution is 7.89. The van der Waals surface area contributed by atoms with Gasteiger partial charge in [0.1, 0.15) is 22.7 Å². The fourth-order valence-corrected chi connectivity index (χ4v) is 5.91.